The monoisotopic (exact) mass is 230 g/mol. The van der Waals surface area contributed by atoms with Gasteiger partial charge >= 0.3 is 11.9 Å². The first-order chi connectivity index (χ1) is 7.60. The number of carboxylic acid groups (broad SMARTS) is 1. The lowest BCUT2D eigenvalue weighted by Gasteiger charge is -2.15. The number of aliphatic hydroxyl groups excluding tert-OH is 1. The standard InChI is InChI=1S/C11H18O5/c1-2-4-9(5-3-8-12)16-11(15)7-6-10(13)14/h6-7,9,12H,2-5,8H2,1H3,(H,13,14)/b7-6-. The zero-order valence-electron chi connectivity index (χ0n) is 9.39. The maximum absolute atomic E-state index is 11.2. The van der Waals surface area contributed by atoms with Crippen molar-refractivity contribution in [1.82, 2.24) is 0 Å². The average molecular weight is 230 g/mol. The number of ether oxygens (including phenoxy) is 1. The Bertz CT molecular complexity index is 247. The summed E-state index contributed by atoms with van der Waals surface area (Å²) >= 11 is 0. The highest BCUT2D eigenvalue weighted by Gasteiger charge is 2.11. The molecule has 0 heterocycles. The minimum absolute atomic E-state index is 0.0583. The molecular formula is C11H18O5. The molecular weight excluding hydrogens is 212 g/mol. The molecule has 0 aliphatic carbocycles. The summed E-state index contributed by atoms with van der Waals surface area (Å²) in [4.78, 5) is 21.3. The van der Waals surface area contributed by atoms with Crippen molar-refractivity contribution in [2.24, 2.45) is 0 Å². The molecule has 2 N–H and O–H groups in total. The number of carbonyl (C=O) groups excluding carboxylic acids is 1. The highest BCUT2D eigenvalue weighted by atomic mass is 16.5. The average Bonchev–Trinajstić information content (AvgIpc) is 2.23. The van der Waals surface area contributed by atoms with E-state index in [1.165, 1.54) is 0 Å². The summed E-state index contributed by atoms with van der Waals surface area (Å²) in [6.45, 7) is 2.02. The third kappa shape index (κ3) is 7.99. The Morgan fingerprint density at radius 2 is 2.00 bits per heavy atom. The van der Waals surface area contributed by atoms with Gasteiger partial charge in [-0.05, 0) is 19.3 Å². The van der Waals surface area contributed by atoms with Gasteiger partial charge < -0.3 is 14.9 Å². The van der Waals surface area contributed by atoms with Gasteiger partial charge in [-0.2, -0.15) is 0 Å². The second kappa shape index (κ2) is 8.91. The summed E-state index contributed by atoms with van der Waals surface area (Å²) in [5, 5.41) is 17.0. The second-order valence-corrected chi connectivity index (χ2v) is 3.38. The molecule has 0 spiro atoms. The highest BCUT2D eigenvalue weighted by molar-refractivity contribution is 5.90. The Labute approximate surface area is 94.7 Å². The zero-order valence-corrected chi connectivity index (χ0v) is 9.39. The van der Waals surface area contributed by atoms with Crippen molar-refractivity contribution in [2.75, 3.05) is 6.61 Å². The molecule has 0 fully saturated rings. The van der Waals surface area contributed by atoms with E-state index in [9.17, 15) is 9.59 Å². The zero-order chi connectivity index (χ0) is 12.4. The van der Waals surface area contributed by atoms with E-state index in [-0.39, 0.29) is 12.7 Å². The predicted molar refractivity (Wildman–Crippen MR) is 57.9 cm³/mol. The fourth-order valence-electron chi connectivity index (χ4n) is 1.25. The van der Waals surface area contributed by atoms with Crippen molar-refractivity contribution < 1.29 is 24.5 Å². The lowest BCUT2D eigenvalue weighted by atomic mass is 10.1. The first-order valence-corrected chi connectivity index (χ1v) is 5.32. The van der Waals surface area contributed by atoms with E-state index in [0.717, 1.165) is 18.6 Å². The normalized spacial score (nSPS) is 12.6. The van der Waals surface area contributed by atoms with Crippen LogP contribution in [-0.4, -0.2) is 34.9 Å². The third-order valence-electron chi connectivity index (χ3n) is 1.94. The summed E-state index contributed by atoms with van der Waals surface area (Å²) in [5.41, 5.74) is 0. The lowest BCUT2D eigenvalue weighted by Crippen LogP contribution is -2.17. The SMILES string of the molecule is CCCC(CCCO)OC(=O)/C=C\C(=O)O. The molecule has 0 aromatic rings. The Morgan fingerprint density at radius 3 is 2.50 bits per heavy atom. The number of hydrogen-bond acceptors (Lipinski definition) is 4. The minimum Gasteiger partial charge on any atom is -0.478 e. The third-order valence-corrected chi connectivity index (χ3v) is 1.94. The molecule has 16 heavy (non-hydrogen) atoms. The van der Waals surface area contributed by atoms with Crippen LogP contribution in [0.15, 0.2) is 12.2 Å². The van der Waals surface area contributed by atoms with Crippen LogP contribution in [0.1, 0.15) is 32.6 Å². The Hall–Kier alpha value is -1.36. The smallest absolute Gasteiger partial charge is 0.331 e. The van der Waals surface area contributed by atoms with Crippen LogP contribution in [0.4, 0.5) is 0 Å². The minimum atomic E-state index is -1.18. The molecule has 5 nitrogen and oxygen atoms in total. The molecule has 0 rings (SSSR count). The number of carboxylic acids is 1. The summed E-state index contributed by atoms with van der Waals surface area (Å²) in [5.74, 6) is -1.84. The Balaban J connectivity index is 4.06. The van der Waals surface area contributed by atoms with Crippen molar-refractivity contribution in [1.29, 1.82) is 0 Å². The van der Waals surface area contributed by atoms with Crippen LogP contribution in [0.2, 0.25) is 0 Å². The number of rotatable bonds is 8. The molecule has 0 saturated carbocycles. The van der Waals surface area contributed by atoms with Crippen LogP contribution >= 0.6 is 0 Å². The number of esters is 1. The molecule has 0 saturated heterocycles. The van der Waals surface area contributed by atoms with Crippen molar-refractivity contribution in [3.05, 3.63) is 12.2 Å². The van der Waals surface area contributed by atoms with E-state index in [1.807, 2.05) is 6.92 Å². The maximum Gasteiger partial charge on any atom is 0.331 e. The van der Waals surface area contributed by atoms with Crippen LogP contribution < -0.4 is 0 Å². The van der Waals surface area contributed by atoms with E-state index in [4.69, 9.17) is 14.9 Å². The topological polar surface area (TPSA) is 83.8 Å². The van der Waals surface area contributed by atoms with E-state index in [1.54, 1.807) is 0 Å². The van der Waals surface area contributed by atoms with E-state index in [2.05, 4.69) is 0 Å². The summed E-state index contributed by atoms with van der Waals surface area (Å²) in [6, 6.07) is 0. The number of aliphatic hydroxyl groups is 1. The molecule has 0 aromatic carbocycles. The highest BCUT2D eigenvalue weighted by Crippen LogP contribution is 2.09. The number of aliphatic carboxylic acids is 1. The first kappa shape index (κ1) is 14.6. The van der Waals surface area contributed by atoms with Crippen LogP contribution in [0, 0.1) is 0 Å². The van der Waals surface area contributed by atoms with Crippen LogP contribution in [0.25, 0.3) is 0 Å². The summed E-state index contributed by atoms with van der Waals surface area (Å²) in [6.07, 6.45) is 4.14. The Morgan fingerprint density at radius 1 is 1.31 bits per heavy atom. The van der Waals surface area contributed by atoms with Crippen molar-refractivity contribution in [2.45, 2.75) is 38.7 Å². The fraction of sp³-hybridized carbons (Fsp3) is 0.636. The van der Waals surface area contributed by atoms with Crippen molar-refractivity contribution in [3.63, 3.8) is 0 Å². The molecule has 0 amide bonds. The van der Waals surface area contributed by atoms with Gasteiger partial charge in [0.25, 0.3) is 0 Å². The van der Waals surface area contributed by atoms with Gasteiger partial charge in [0, 0.05) is 18.8 Å². The largest absolute Gasteiger partial charge is 0.478 e. The molecule has 0 aromatic heterocycles. The molecule has 5 heteroatoms. The summed E-state index contributed by atoms with van der Waals surface area (Å²) in [7, 11) is 0. The van der Waals surface area contributed by atoms with Gasteiger partial charge in [-0.1, -0.05) is 13.3 Å². The van der Waals surface area contributed by atoms with Gasteiger partial charge in [-0.25, -0.2) is 9.59 Å². The van der Waals surface area contributed by atoms with Gasteiger partial charge in [0.05, 0.1) is 0 Å². The molecule has 0 radical (unpaired) electrons. The predicted octanol–water partition coefficient (Wildman–Crippen LogP) is 1.11. The van der Waals surface area contributed by atoms with Gasteiger partial charge in [0.2, 0.25) is 0 Å². The van der Waals surface area contributed by atoms with Crippen molar-refractivity contribution in [3.8, 4) is 0 Å². The molecule has 0 aliphatic heterocycles. The quantitative estimate of drug-likeness (QED) is 0.482. The van der Waals surface area contributed by atoms with Gasteiger partial charge in [0.15, 0.2) is 0 Å². The first-order valence-electron chi connectivity index (χ1n) is 5.32. The number of hydrogen-bond donors (Lipinski definition) is 2. The lowest BCUT2D eigenvalue weighted by molar-refractivity contribution is -0.144. The molecule has 1 unspecified atom stereocenters. The van der Waals surface area contributed by atoms with Crippen LogP contribution in [0.5, 0.6) is 0 Å². The molecule has 1 atom stereocenters. The number of carbonyl (C=O) groups is 2. The molecule has 92 valence electrons. The summed E-state index contributed by atoms with van der Waals surface area (Å²) < 4.78 is 5.04. The maximum atomic E-state index is 11.2. The van der Waals surface area contributed by atoms with Gasteiger partial charge in [-0.3, -0.25) is 0 Å². The molecule has 0 bridgehead atoms. The van der Waals surface area contributed by atoms with E-state index in [0.29, 0.717) is 19.3 Å². The van der Waals surface area contributed by atoms with Crippen molar-refractivity contribution >= 4 is 11.9 Å². The fourth-order valence-corrected chi connectivity index (χ4v) is 1.25. The molecule has 0 aliphatic rings. The Kier molecular flexibility index (Phi) is 8.15. The van der Waals surface area contributed by atoms with E-state index < -0.39 is 11.9 Å². The second-order valence-electron chi connectivity index (χ2n) is 3.38. The van der Waals surface area contributed by atoms with Gasteiger partial charge in [-0.15, -0.1) is 0 Å². The van der Waals surface area contributed by atoms with E-state index >= 15 is 0 Å². The van der Waals surface area contributed by atoms with Gasteiger partial charge in [0.1, 0.15) is 6.10 Å². The van der Waals surface area contributed by atoms with Crippen LogP contribution in [-0.2, 0) is 14.3 Å². The van der Waals surface area contributed by atoms with Crippen LogP contribution in [0.3, 0.4) is 0 Å².